The van der Waals surface area contributed by atoms with Crippen molar-refractivity contribution in [3.63, 3.8) is 0 Å². The van der Waals surface area contributed by atoms with Gasteiger partial charge in [-0.2, -0.15) is 0 Å². The first-order valence-corrected chi connectivity index (χ1v) is 5.42. The molecule has 0 bridgehead atoms. The first-order valence-electron chi connectivity index (χ1n) is 5.42. The summed E-state index contributed by atoms with van der Waals surface area (Å²) in [6.07, 6.45) is 1.40. The summed E-state index contributed by atoms with van der Waals surface area (Å²) < 4.78 is 0. The number of aliphatic hydroxyl groups is 1. The summed E-state index contributed by atoms with van der Waals surface area (Å²) in [6, 6.07) is 0. The van der Waals surface area contributed by atoms with Gasteiger partial charge in [-0.25, -0.2) is 0 Å². The van der Waals surface area contributed by atoms with Crippen LogP contribution >= 0.6 is 0 Å². The van der Waals surface area contributed by atoms with Crippen molar-refractivity contribution in [2.75, 3.05) is 19.6 Å². The van der Waals surface area contributed by atoms with Gasteiger partial charge in [-0.15, -0.1) is 0 Å². The average molecular weight is 199 g/mol. The van der Waals surface area contributed by atoms with E-state index in [-0.39, 0.29) is 5.92 Å². The number of rotatable bonds is 3. The number of ketones is 1. The molecule has 1 rings (SSSR count). The summed E-state index contributed by atoms with van der Waals surface area (Å²) in [6.45, 7) is 8.09. The first kappa shape index (κ1) is 11.7. The maximum Gasteiger partial charge on any atom is 0.138 e. The Hall–Kier alpha value is -0.410. The molecule has 1 fully saturated rings. The molecule has 0 radical (unpaired) electrons. The molecule has 0 aromatic carbocycles. The van der Waals surface area contributed by atoms with E-state index >= 15 is 0 Å². The molecule has 3 heteroatoms. The summed E-state index contributed by atoms with van der Waals surface area (Å²) >= 11 is 0. The van der Waals surface area contributed by atoms with Crippen molar-refractivity contribution >= 4 is 5.78 Å². The molecule has 0 aromatic heterocycles. The third kappa shape index (κ3) is 3.07. The minimum absolute atomic E-state index is 0.136. The van der Waals surface area contributed by atoms with Gasteiger partial charge in [0, 0.05) is 32.0 Å². The Morgan fingerprint density at radius 2 is 2.29 bits per heavy atom. The van der Waals surface area contributed by atoms with E-state index in [1.54, 1.807) is 0 Å². The van der Waals surface area contributed by atoms with Gasteiger partial charge < -0.3 is 5.11 Å². The number of β-amino-alcohol motifs (C(OH)–C–C–N with tert-alkyl or cyclic N) is 1. The van der Waals surface area contributed by atoms with Gasteiger partial charge in [0.25, 0.3) is 0 Å². The Kier molecular flexibility index (Phi) is 3.67. The smallest absolute Gasteiger partial charge is 0.138 e. The number of hydrogen-bond acceptors (Lipinski definition) is 3. The number of hydrogen-bond donors (Lipinski definition) is 1. The summed E-state index contributed by atoms with van der Waals surface area (Å²) in [5.74, 6) is 0.494. The lowest BCUT2D eigenvalue weighted by atomic mass is 9.96. The fraction of sp³-hybridized carbons (Fsp3) is 0.909. The molecule has 2 unspecified atom stereocenters. The molecule has 1 saturated heterocycles. The normalized spacial score (nSPS) is 28.9. The van der Waals surface area contributed by atoms with Gasteiger partial charge in [0.05, 0.1) is 5.60 Å². The van der Waals surface area contributed by atoms with E-state index in [1.807, 2.05) is 20.8 Å². The molecule has 0 saturated carbocycles. The Labute approximate surface area is 86.1 Å². The lowest BCUT2D eigenvalue weighted by Crippen LogP contribution is -2.47. The molecule has 82 valence electrons. The Balaban J connectivity index is 2.44. The highest BCUT2D eigenvalue weighted by Gasteiger charge is 2.28. The van der Waals surface area contributed by atoms with E-state index < -0.39 is 5.60 Å². The maximum absolute atomic E-state index is 11.3. The van der Waals surface area contributed by atoms with Gasteiger partial charge in [0.1, 0.15) is 5.78 Å². The average Bonchev–Trinajstić information content (AvgIpc) is 2.11. The fourth-order valence-electron chi connectivity index (χ4n) is 1.83. The Morgan fingerprint density at radius 3 is 2.79 bits per heavy atom. The lowest BCUT2D eigenvalue weighted by molar-refractivity contribution is -0.126. The summed E-state index contributed by atoms with van der Waals surface area (Å²) in [4.78, 5) is 13.5. The molecule has 0 spiro atoms. The van der Waals surface area contributed by atoms with Gasteiger partial charge in [-0.05, 0) is 13.3 Å². The zero-order valence-corrected chi connectivity index (χ0v) is 9.42. The van der Waals surface area contributed by atoms with Crippen LogP contribution in [0.25, 0.3) is 0 Å². The van der Waals surface area contributed by atoms with Crippen LogP contribution in [0.3, 0.4) is 0 Å². The van der Waals surface area contributed by atoms with Gasteiger partial charge in [0.2, 0.25) is 0 Å². The second-order valence-corrected chi connectivity index (χ2v) is 4.70. The number of carbonyl (C=O) groups excluding carboxylic acids is 1. The van der Waals surface area contributed by atoms with Crippen molar-refractivity contribution in [2.45, 2.75) is 39.2 Å². The van der Waals surface area contributed by atoms with E-state index in [2.05, 4.69) is 4.90 Å². The molecule has 1 aliphatic rings. The Bertz CT molecular complexity index is 213. The SMILES string of the molecule is CCC(C)(O)CN1CCC(=O)C(C)C1. The predicted octanol–water partition coefficient (Wildman–Crippen LogP) is 1.06. The van der Waals surface area contributed by atoms with Gasteiger partial charge >= 0.3 is 0 Å². The van der Waals surface area contributed by atoms with Crippen molar-refractivity contribution in [1.82, 2.24) is 4.90 Å². The molecule has 14 heavy (non-hydrogen) atoms. The van der Waals surface area contributed by atoms with Crippen LogP contribution in [0.1, 0.15) is 33.6 Å². The number of Topliss-reactive ketones (excluding diaryl/α,β-unsaturated/α-hetero) is 1. The van der Waals surface area contributed by atoms with E-state index in [0.717, 1.165) is 19.5 Å². The van der Waals surface area contributed by atoms with Crippen LogP contribution in [0.5, 0.6) is 0 Å². The second kappa shape index (κ2) is 4.41. The van der Waals surface area contributed by atoms with Crippen molar-refractivity contribution in [3.8, 4) is 0 Å². The van der Waals surface area contributed by atoms with Crippen LogP contribution in [0, 0.1) is 5.92 Å². The van der Waals surface area contributed by atoms with Crippen molar-refractivity contribution in [2.24, 2.45) is 5.92 Å². The third-order valence-corrected chi connectivity index (χ3v) is 3.08. The molecule has 3 nitrogen and oxygen atoms in total. The maximum atomic E-state index is 11.3. The van der Waals surface area contributed by atoms with E-state index in [9.17, 15) is 9.90 Å². The van der Waals surface area contributed by atoms with Crippen LogP contribution in [0.4, 0.5) is 0 Å². The summed E-state index contributed by atoms with van der Waals surface area (Å²) in [7, 11) is 0. The molecular formula is C11H21NO2. The molecule has 1 N–H and O–H groups in total. The van der Waals surface area contributed by atoms with Crippen LogP contribution < -0.4 is 0 Å². The fourth-order valence-corrected chi connectivity index (χ4v) is 1.83. The topological polar surface area (TPSA) is 40.5 Å². The minimum atomic E-state index is -0.611. The van der Waals surface area contributed by atoms with Crippen molar-refractivity contribution < 1.29 is 9.90 Å². The molecule has 1 aliphatic heterocycles. The quantitative estimate of drug-likeness (QED) is 0.739. The van der Waals surface area contributed by atoms with Crippen molar-refractivity contribution in [1.29, 1.82) is 0 Å². The van der Waals surface area contributed by atoms with E-state index in [0.29, 0.717) is 18.7 Å². The molecule has 0 amide bonds. The lowest BCUT2D eigenvalue weighted by Gasteiger charge is -2.35. The number of nitrogens with zero attached hydrogens (tertiary/aromatic N) is 1. The van der Waals surface area contributed by atoms with Crippen LogP contribution in [-0.4, -0.2) is 41.0 Å². The largest absolute Gasteiger partial charge is 0.389 e. The monoisotopic (exact) mass is 199 g/mol. The number of carbonyl (C=O) groups is 1. The number of piperidine rings is 1. The van der Waals surface area contributed by atoms with Crippen molar-refractivity contribution in [3.05, 3.63) is 0 Å². The molecular weight excluding hydrogens is 178 g/mol. The van der Waals surface area contributed by atoms with Gasteiger partial charge in [0.15, 0.2) is 0 Å². The zero-order valence-electron chi connectivity index (χ0n) is 9.42. The van der Waals surface area contributed by atoms with Gasteiger partial charge in [-0.1, -0.05) is 13.8 Å². The van der Waals surface area contributed by atoms with Gasteiger partial charge in [-0.3, -0.25) is 9.69 Å². The summed E-state index contributed by atoms with van der Waals surface area (Å²) in [5.41, 5.74) is -0.611. The highest BCUT2D eigenvalue weighted by molar-refractivity contribution is 5.81. The zero-order chi connectivity index (χ0) is 10.8. The highest BCUT2D eigenvalue weighted by Crippen LogP contribution is 2.17. The van der Waals surface area contributed by atoms with Crippen LogP contribution in [0.2, 0.25) is 0 Å². The van der Waals surface area contributed by atoms with Crippen LogP contribution in [-0.2, 0) is 4.79 Å². The first-order chi connectivity index (χ1) is 6.44. The molecule has 0 aromatic rings. The number of likely N-dealkylation sites (tertiary alicyclic amines) is 1. The molecule has 0 aliphatic carbocycles. The van der Waals surface area contributed by atoms with E-state index in [1.165, 1.54) is 0 Å². The molecule has 1 heterocycles. The minimum Gasteiger partial charge on any atom is -0.389 e. The predicted molar refractivity (Wildman–Crippen MR) is 56.1 cm³/mol. The Morgan fingerprint density at radius 1 is 1.64 bits per heavy atom. The standard InChI is InChI=1S/C11H21NO2/c1-4-11(3,14)8-12-6-5-10(13)9(2)7-12/h9,14H,4-8H2,1-3H3. The second-order valence-electron chi connectivity index (χ2n) is 4.70. The third-order valence-electron chi connectivity index (χ3n) is 3.08. The van der Waals surface area contributed by atoms with Crippen LogP contribution in [0.15, 0.2) is 0 Å². The van der Waals surface area contributed by atoms with E-state index in [4.69, 9.17) is 0 Å². The molecule has 2 atom stereocenters. The highest BCUT2D eigenvalue weighted by atomic mass is 16.3. The summed E-state index contributed by atoms with van der Waals surface area (Å²) in [5, 5.41) is 9.90.